The zero-order valence-electron chi connectivity index (χ0n) is 16.1. The number of nitrogens with one attached hydrogen (secondary N) is 1. The van der Waals surface area contributed by atoms with Crippen molar-refractivity contribution in [1.29, 1.82) is 0 Å². The molecule has 0 aliphatic carbocycles. The molecule has 1 amide bonds. The summed E-state index contributed by atoms with van der Waals surface area (Å²) in [5.41, 5.74) is 8.47. The summed E-state index contributed by atoms with van der Waals surface area (Å²) in [6.45, 7) is 4.22. The Morgan fingerprint density at radius 1 is 1.08 bits per heavy atom. The first-order valence-electron chi connectivity index (χ1n) is 9.28. The lowest BCUT2D eigenvalue weighted by molar-refractivity contribution is 0.100. The Bertz CT molecular complexity index is 668. The van der Waals surface area contributed by atoms with E-state index in [-0.39, 0.29) is 5.91 Å². The minimum atomic E-state index is -0.380. The topological polar surface area (TPSA) is 58.4 Å². The highest BCUT2D eigenvalue weighted by Crippen LogP contribution is 2.17. The summed E-state index contributed by atoms with van der Waals surface area (Å²) in [5, 5.41) is 3.60. The Morgan fingerprint density at radius 3 is 2.31 bits per heavy atom. The molecule has 0 saturated carbocycles. The molecular weight excluding hydrogens is 322 g/mol. The molecule has 0 aliphatic rings. The molecule has 2 aromatic carbocycles. The number of nitrogens with two attached hydrogens (primary N) is 1. The van der Waals surface area contributed by atoms with Gasteiger partial charge in [0, 0.05) is 18.2 Å². The van der Waals surface area contributed by atoms with Gasteiger partial charge in [-0.2, -0.15) is 0 Å². The van der Waals surface area contributed by atoms with Crippen LogP contribution in [0.2, 0.25) is 0 Å². The Labute approximate surface area is 157 Å². The molecule has 0 heterocycles. The van der Waals surface area contributed by atoms with E-state index in [9.17, 15) is 4.79 Å². The van der Waals surface area contributed by atoms with Crippen LogP contribution in [-0.4, -0.2) is 44.0 Å². The number of hydrogen-bond acceptors (Lipinski definition) is 3. The van der Waals surface area contributed by atoms with Gasteiger partial charge in [-0.1, -0.05) is 49.4 Å². The summed E-state index contributed by atoms with van der Waals surface area (Å²) in [7, 11) is 4.22. The lowest BCUT2D eigenvalue weighted by atomic mass is 9.98. The largest absolute Gasteiger partial charge is 0.366 e. The summed E-state index contributed by atoms with van der Waals surface area (Å²) >= 11 is 0. The van der Waals surface area contributed by atoms with Gasteiger partial charge in [0.25, 0.3) is 0 Å². The molecule has 0 aliphatic heterocycles. The van der Waals surface area contributed by atoms with Crippen molar-refractivity contribution in [2.24, 2.45) is 5.73 Å². The van der Waals surface area contributed by atoms with Crippen LogP contribution in [0, 0.1) is 0 Å². The van der Waals surface area contributed by atoms with E-state index in [0.717, 1.165) is 25.9 Å². The number of amides is 1. The maximum atomic E-state index is 11.2. The maximum absolute atomic E-state index is 11.2. The van der Waals surface area contributed by atoms with Crippen molar-refractivity contribution in [3.05, 3.63) is 71.3 Å². The van der Waals surface area contributed by atoms with Gasteiger partial charge in [-0.3, -0.25) is 4.79 Å². The second-order valence-corrected chi connectivity index (χ2v) is 7.19. The van der Waals surface area contributed by atoms with Crippen molar-refractivity contribution in [2.75, 3.05) is 27.2 Å². The van der Waals surface area contributed by atoms with Crippen molar-refractivity contribution in [2.45, 2.75) is 31.7 Å². The molecule has 4 heteroatoms. The Kier molecular flexibility index (Phi) is 7.82. The SMILES string of the molecule is CC(CCNCC(Cc1ccc(C(N)=O)cc1)N(C)C)c1ccccc1. The van der Waals surface area contributed by atoms with Crippen molar-refractivity contribution in [3.63, 3.8) is 0 Å². The monoisotopic (exact) mass is 353 g/mol. The Hall–Kier alpha value is -2.17. The molecule has 3 N–H and O–H groups in total. The molecular formula is C22H31N3O. The van der Waals surface area contributed by atoms with Gasteiger partial charge >= 0.3 is 0 Å². The molecule has 2 atom stereocenters. The van der Waals surface area contributed by atoms with Crippen molar-refractivity contribution < 1.29 is 4.79 Å². The predicted octanol–water partition coefficient (Wildman–Crippen LogP) is 3.04. The summed E-state index contributed by atoms with van der Waals surface area (Å²) < 4.78 is 0. The van der Waals surface area contributed by atoms with E-state index >= 15 is 0 Å². The fraction of sp³-hybridized carbons (Fsp3) is 0.409. The van der Waals surface area contributed by atoms with Gasteiger partial charge < -0.3 is 16.0 Å². The first-order valence-corrected chi connectivity index (χ1v) is 9.28. The number of nitrogens with zero attached hydrogens (tertiary/aromatic N) is 1. The lowest BCUT2D eigenvalue weighted by Gasteiger charge is -2.25. The van der Waals surface area contributed by atoms with Crippen LogP contribution in [-0.2, 0) is 6.42 Å². The van der Waals surface area contributed by atoms with E-state index in [4.69, 9.17) is 5.73 Å². The van der Waals surface area contributed by atoms with Crippen molar-refractivity contribution in [1.82, 2.24) is 10.2 Å². The molecule has 2 aromatic rings. The van der Waals surface area contributed by atoms with E-state index in [2.05, 4.69) is 61.6 Å². The molecule has 26 heavy (non-hydrogen) atoms. The summed E-state index contributed by atoms with van der Waals surface area (Å²) in [6.07, 6.45) is 2.06. The fourth-order valence-electron chi connectivity index (χ4n) is 3.05. The van der Waals surface area contributed by atoms with E-state index < -0.39 is 0 Å². The molecule has 2 rings (SSSR count). The lowest BCUT2D eigenvalue weighted by Crippen LogP contribution is -2.40. The third kappa shape index (κ3) is 6.28. The molecule has 0 fully saturated rings. The van der Waals surface area contributed by atoms with Crippen LogP contribution in [0.3, 0.4) is 0 Å². The summed E-state index contributed by atoms with van der Waals surface area (Å²) in [6, 6.07) is 18.7. The summed E-state index contributed by atoms with van der Waals surface area (Å²) in [4.78, 5) is 13.4. The molecule has 0 bridgehead atoms. The van der Waals surface area contributed by atoms with E-state index in [1.165, 1.54) is 11.1 Å². The highest BCUT2D eigenvalue weighted by Gasteiger charge is 2.13. The Morgan fingerprint density at radius 2 is 1.73 bits per heavy atom. The van der Waals surface area contributed by atoms with Gasteiger partial charge in [0.15, 0.2) is 0 Å². The fourth-order valence-corrected chi connectivity index (χ4v) is 3.05. The van der Waals surface area contributed by atoms with Gasteiger partial charge in [-0.05, 0) is 62.7 Å². The average Bonchev–Trinajstić information content (AvgIpc) is 2.65. The van der Waals surface area contributed by atoms with Crippen LogP contribution in [0.25, 0.3) is 0 Å². The smallest absolute Gasteiger partial charge is 0.248 e. The van der Waals surface area contributed by atoms with Crippen LogP contribution >= 0.6 is 0 Å². The number of hydrogen-bond donors (Lipinski definition) is 2. The zero-order valence-corrected chi connectivity index (χ0v) is 16.1. The molecule has 2 unspecified atom stereocenters. The maximum Gasteiger partial charge on any atom is 0.248 e. The highest BCUT2D eigenvalue weighted by molar-refractivity contribution is 5.92. The number of benzene rings is 2. The van der Waals surface area contributed by atoms with Crippen LogP contribution < -0.4 is 11.1 Å². The molecule has 4 nitrogen and oxygen atoms in total. The zero-order chi connectivity index (χ0) is 18.9. The first-order chi connectivity index (χ1) is 12.5. The van der Waals surface area contributed by atoms with Crippen LogP contribution in [0.5, 0.6) is 0 Å². The first kappa shape index (κ1) is 20.1. The second kappa shape index (κ2) is 10.1. The highest BCUT2D eigenvalue weighted by atomic mass is 16.1. The number of primary amides is 1. The molecule has 0 radical (unpaired) electrons. The van der Waals surface area contributed by atoms with Crippen molar-refractivity contribution in [3.8, 4) is 0 Å². The van der Waals surface area contributed by atoms with Crippen LogP contribution in [0.15, 0.2) is 54.6 Å². The summed E-state index contributed by atoms with van der Waals surface area (Å²) in [5.74, 6) is 0.178. The number of carbonyl (C=O) groups excluding carboxylic acids is 1. The predicted molar refractivity (Wildman–Crippen MR) is 108 cm³/mol. The van der Waals surface area contributed by atoms with E-state index in [1.54, 1.807) is 12.1 Å². The van der Waals surface area contributed by atoms with Crippen LogP contribution in [0.1, 0.15) is 40.7 Å². The molecule has 0 spiro atoms. The number of rotatable bonds is 10. The van der Waals surface area contributed by atoms with Crippen molar-refractivity contribution >= 4 is 5.91 Å². The van der Waals surface area contributed by atoms with Gasteiger partial charge in [-0.15, -0.1) is 0 Å². The van der Waals surface area contributed by atoms with Gasteiger partial charge in [0.2, 0.25) is 5.91 Å². The third-order valence-corrected chi connectivity index (χ3v) is 4.94. The van der Waals surface area contributed by atoms with Gasteiger partial charge in [0.05, 0.1) is 0 Å². The number of carbonyl (C=O) groups is 1. The van der Waals surface area contributed by atoms with Gasteiger partial charge in [-0.25, -0.2) is 0 Å². The molecule has 0 saturated heterocycles. The normalized spacial score (nSPS) is 13.5. The molecule has 140 valence electrons. The molecule has 0 aromatic heterocycles. The quantitative estimate of drug-likeness (QED) is 0.646. The Balaban J connectivity index is 1.80. The minimum absolute atomic E-state index is 0.380. The minimum Gasteiger partial charge on any atom is -0.366 e. The number of likely N-dealkylation sites (N-methyl/N-ethyl adjacent to an activating group) is 1. The van der Waals surface area contributed by atoms with Crippen LogP contribution in [0.4, 0.5) is 0 Å². The average molecular weight is 354 g/mol. The third-order valence-electron chi connectivity index (χ3n) is 4.94. The standard InChI is InChI=1S/C22H31N3O/c1-17(19-7-5-4-6-8-19)13-14-24-16-21(25(2)3)15-18-9-11-20(12-10-18)22(23)26/h4-12,17,21,24H,13-16H2,1-3H3,(H2,23,26). The van der Waals surface area contributed by atoms with Gasteiger partial charge in [0.1, 0.15) is 0 Å². The second-order valence-electron chi connectivity index (χ2n) is 7.19. The van der Waals surface area contributed by atoms with E-state index in [1.807, 2.05) is 12.1 Å². The van der Waals surface area contributed by atoms with E-state index in [0.29, 0.717) is 17.5 Å².